The molecule has 1 atom stereocenters. The van der Waals surface area contributed by atoms with Crippen LogP contribution in [0.4, 0.5) is 26.4 Å². The number of aromatic nitrogens is 3. The Morgan fingerprint density at radius 3 is 2.43 bits per heavy atom. The van der Waals surface area contributed by atoms with Gasteiger partial charge in [0.05, 0.1) is 10.7 Å². The van der Waals surface area contributed by atoms with Crippen molar-refractivity contribution in [1.29, 1.82) is 0 Å². The van der Waals surface area contributed by atoms with Crippen LogP contribution >= 0.6 is 11.6 Å². The molecule has 2 aliphatic rings. The summed E-state index contributed by atoms with van der Waals surface area (Å²) < 4.78 is 27.8. The summed E-state index contributed by atoms with van der Waals surface area (Å²) in [6.07, 6.45) is 2.88. The summed E-state index contributed by atoms with van der Waals surface area (Å²) in [4.78, 5) is 23.3. The Hall–Kier alpha value is -3.04. The van der Waals surface area contributed by atoms with Crippen LogP contribution in [0.25, 0.3) is 11.3 Å². The second kappa shape index (κ2) is 11.1. The zero-order valence-corrected chi connectivity index (χ0v) is 22.0. The standard InChI is InChI=1S/C27H32ClF2N7/c1-3-9-34-10-12-35(13-11-34)27-32-24(20-6-7-22(29)23(30)16-20)17-25(33-27)37-15-14-36(18-19(37)2)26-21(28)5-4-8-31-26/h4-8,16-17,19H,3,9-15,18H2,1-2H3. The molecule has 0 bridgehead atoms. The first-order valence-electron chi connectivity index (χ1n) is 12.9. The van der Waals surface area contributed by atoms with Gasteiger partial charge in [-0.15, -0.1) is 0 Å². The molecule has 37 heavy (non-hydrogen) atoms. The maximum atomic E-state index is 14.1. The normalized spacial score (nSPS) is 18.9. The van der Waals surface area contributed by atoms with Gasteiger partial charge in [0.15, 0.2) is 11.6 Å². The predicted octanol–water partition coefficient (Wildman–Crippen LogP) is 4.72. The topological polar surface area (TPSA) is 51.6 Å². The number of hydrogen-bond acceptors (Lipinski definition) is 7. The lowest BCUT2D eigenvalue weighted by Crippen LogP contribution is -2.53. The van der Waals surface area contributed by atoms with Crippen molar-refractivity contribution in [2.24, 2.45) is 0 Å². The molecule has 0 saturated carbocycles. The summed E-state index contributed by atoms with van der Waals surface area (Å²) >= 11 is 6.40. The maximum Gasteiger partial charge on any atom is 0.227 e. The van der Waals surface area contributed by atoms with Crippen LogP contribution in [0.1, 0.15) is 20.3 Å². The Labute approximate surface area is 221 Å². The average Bonchev–Trinajstić information content (AvgIpc) is 2.91. The van der Waals surface area contributed by atoms with E-state index in [1.807, 2.05) is 18.2 Å². The van der Waals surface area contributed by atoms with E-state index in [9.17, 15) is 8.78 Å². The number of anilines is 3. The molecular weight excluding hydrogens is 496 g/mol. The minimum absolute atomic E-state index is 0.119. The van der Waals surface area contributed by atoms with Gasteiger partial charge in [-0.1, -0.05) is 18.5 Å². The molecule has 5 rings (SSSR count). The Bertz CT molecular complexity index is 1240. The van der Waals surface area contributed by atoms with Gasteiger partial charge in [0, 0.05) is 69.7 Å². The molecule has 0 amide bonds. The Morgan fingerprint density at radius 1 is 0.946 bits per heavy atom. The van der Waals surface area contributed by atoms with Crippen molar-refractivity contribution in [1.82, 2.24) is 19.9 Å². The fourth-order valence-corrected chi connectivity index (χ4v) is 5.34. The summed E-state index contributed by atoms with van der Waals surface area (Å²) in [5.41, 5.74) is 1.11. The number of nitrogens with zero attached hydrogens (tertiary/aromatic N) is 7. The minimum atomic E-state index is -0.887. The summed E-state index contributed by atoms with van der Waals surface area (Å²) in [5, 5.41) is 0.635. The van der Waals surface area contributed by atoms with Crippen LogP contribution < -0.4 is 14.7 Å². The van der Waals surface area contributed by atoms with E-state index in [0.717, 1.165) is 69.9 Å². The van der Waals surface area contributed by atoms with Crippen LogP contribution in [0.5, 0.6) is 0 Å². The molecular formula is C27H32ClF2N7. The van der Waals surface area contributed by atoms with Crippen LogP contribution in [0.3, 0.4) is 0 Å². The first-order valence-corrected chi connectivity index (χ1v) is 13.2. The maximum absolute atomic E-state index is 14.1. The third kappa shape index (κ3) is 5.62. The van der Waals surface area contributed by atoms with Crippen molar-refractivity contribution in [3.8, 4) is 11.3 Å². The quantitative estimate of drug-likeness (QED) is 0.460. The van der Waals surface area contributed by atoms with E-state index in [-0.39, 0.29) is 6.04 Å². The van der Waals surface area contributed by atoms with Crippen molar-refractivity contribution in [2.45, 2.75) is 26.3 Å². The van der Waals surface area contributed by atoms with Crippen molar-refractivity contribution in [2.75, 3.05) is 67.1 Å². The van der Waals surface area contributed by atoms with E-state index < -0.39 is 11.6 Å². The summed E-state index contributed by atoms with van der Waals surface area (Å²) in [7, 11) is 0. The van der Waals surface area contributed by atoms with Gasteiger partial charge >= 0.3 is 0 Å². The van der Waals surface area contributed by atoms with Crippen molar-refractivity contribution < 1.29 is 8.78 Å². The molecule has 1 aromatic carbocycles. The van der Waals surface area contributed by atoms with Crippen LogP contribution in [-0.4, -0.2) is 78.3 Å². The van der Waals surface area contributed by atoms with E-state index in [1.165, 1.54) is 6.07 Å². The highest BCUT2D eigenvalue weighted by Crippen LogP contribution is 2.30. The van der Waals surface area contributed by atoms with Crippen LogP contribution in [0, 0.1) is 11.6 Å². The Morgan fingerprint density at radius 2 is 1.73 bits per heavy atom. The molecule has 2 fully saturated rings. The zero-order chi connectivity index (χ0) is 25.9. The first kappa shape index (κ1) is 25.6. The lowest BCUT2D eigenvalue weighted by molar-refractivity contribution is 0.257. The van der Waals surface area contributed by atoms with Gasteiger partial charge in [-0.3, -0.25) is 4.90 Å². The second-order valence-electron chi connectivity index (χ2n) is 9.67. The monoisotopic (exact) mass is 527 g/mol. The van der Waals surface area contributed by atoms with Crippen LogP contribution in [-0.2, 0) is 0 Å². The first-order chi connectivity index (χ1) is 17.9. The number of rotatable bonds is 6. The van der Waals surface area contributed by atoms with Crippen LogP contribution in [0.2, 0.25) is 5.02 Å². The lowest BCUT2D eigenvalue weighted by atomic mass is 10.1. The molecule has 2 aliphatic heterocycles. The molecule has 196 valence electrons. The molecule has 4 heterocycles. The molecule has 0 N–H and O–H groups in total. The fourth-order valence-electron chi connectivity index (χ4n) is 5.10. The van der Waals surface area contributed by atoms with E-state index in [2.05, 4.69) is 38.4 Å². The number of hydrogen-bond donors (Lipinski definition) is 0. The highest BCUT2D eigenvalue weighted by atomic mass is 35.5. The van der Waals surface area contributed by atoms with Gasteiger partial charge in [0.1, 0.15) is 11.6 Å². The largest absolute Gasteiger partial charge is 0.352 e. The molecule has 2 aromatic heterocycles. The molecule has 7 nitrogen and oxygen atoms in total. The van der Waals surface area contributed by atoms with E-state index in [4.69, 9.17) is 21.6 Å². The van der Waals surface area contributed by atoms with Gasteiger partial charge < -0.3 is 14.7 Å². The van der Waals surface area contributed by atoms with E-state index in [1.54, 1.807) is 12.3 Å². The van der Waals surface area contributed by atoms with Gasteiger partial charge in [0.25, 0.3) is 0 Å². The van der Waals surface area contributed by atoms with E-state index >= 15 is 0 Å². The van der Waals surface area contributed by atoms with Crippen molar-refractivity contribution in [3.63, 3.8) is 0 Å². The van der Waals surface area contributed by atoms with Gasteiger partial charge in [-0.25, -0.2) is 18.7 Å². The molecule has 0 aliphatic carbocycles. The fraction of sp³-hybridized carbons (Fsp3) is 0.444. The Balaban J connectivity index is 1.44. The van der Waals surface area contributed by atoms with Gasteiger partial charge in [-0.2, -0.15) is 4.98 Å². The third-order valence-electron chi connectivity index (χ3n) is 7.07. The number of piperazine rings is 2. The predicted molar refractivity (Wildman–Crippen MR) is 145 cm³/mol. The van der Waals surface area contributed by atoms with Crippen LogP contribution in [0.15, 0.2) is 42.6 Å². The summed E-state index contributed by atoms with van der Waals surface area (Å²) in [6, 6.07) is 9.60. The SMILES string of the molecule is CCCN1CCN(c2nc(-c3ccc(F)c(F)c3)cc(N3CCN(c4ncccc4Cl)CC3C)n2)CC1. The minimum Gasteiger partial charge on any atom is -0.352 e. The van der Waals surface area contributed by atoms with Crippen molar-refractivity contribution in [3.05, 3.63) is 59.3 Å². The number of pyridine rings is 1. The lowest BCUT2D eigenvalue weighted by Gasteiger charge is -2.41. The van der Waals surface area contributed by atoms with E-state index in [0.29, 0.717) is 28.8 Å². The molecule has 1 unspecified atom stereocenters. The smallest absolute Gasteiger partial charge is 0.227 e. The van der Waals surface area contributed by atoms with Crippen molar-refractivity contribution >= 4 is 29.2 Å². The molecule has 10 heteroatoms. The number of benzene rings is 1. The molecule has 3 aromatic rings. The Kier molecular flexibility index (Phi) is 7.71. The van der Waals surface area contributed by atoms with Gasteiger partial charge in [-0.05, 0) is 50.2 Å². The third-order valence-corrected chi connectivity index (χ3v) is 7.37. The van der Waals surface area contributed by atoms with Gasteiger partial charge in [0.2, 0.25) is 5.95 Å². The molecule has 2 saturated heterocycles. The number of halogens is 3. The zero-order valence-electron chi connectivity index (χ0n) is 21.2. The summed E-state index contributed by atoms with van der Waals surface area (Å²) in [5.74, 6) is 0.423. The highest BCUT2D eigenvalue weighted by Gasteiger charge is 2.28. The summed E-state index contributed by atoms with van der Waals surface area (Å²) in [6.45, 7) is 11.1. The second-order valence-corrected chi connectivity index (χ2v) is 10.1. The highest BCUT2D eigenvalue weighted by molar-refractivity contribution is 6.32. The molecule has 0 radical (unpaired) electrons. The average molecular weight is 528 g/mol. The molecule has 0 spiro atoms.